The smallest absolute Gasteiger partial charge is 0.0599 e. The van der Waals surface area contributed by atoms with Crippen LogP contribution in [0, 0.1) is 6.54 Å². The van der Waals surface area contributed by atoms with Gasteiger partial charge in [-0.25, -0.2) is 0 Å². The fourth-order valence-electron chi connectivity index (χ4n) is 1.72. The van der Waals surface area contributed by atoms with Crippen molar-refractivity contribution in [2.24, 2.45) is 0 Å². The van der Waals surface area contributed by atoms with Gasteiger partial charge >= 0.3 is 0 Å². The maximum atomic E-state index is 5.57. The van der Waals surface area contributed by atoms with Crippen LogP contribution in [-0.2, 0) is 4.74 Å². The Labute approximate surface area is 75.9 Å². The highest BCUT2D eigenvalue weighted by molar-refractivity contribution is 4.76. The Morgan fingerprint density at radius 1 is 1.33 bits per heavy atom. The highest BCUT2D eigenvalue weighted by atomic mass is 16.5. The number of rotatable bonds is 4. The predicted molar refractivity (Wildman–Crippen MR) is 50.8 cm³/mol. The second-order valence-electron chi connectivity index (χ2n) is 3.28. The van der Waals surface area contributed by atoms with E-state index >= 15 is 0 Å². The lowest BCUT2D eigenvalue weighted by atomic mass is 10.1. The molecule has 0 unspecified atom stereocenters. The van der Waals surface area contributed by atoms with E-state index in [1.54, 1.807) is 0 Å². The van der Waals surface area contributed by atoms with E-state index in [0.717, 1.165) is 13.0 Å². The zero-order valence-electron chi connectivity index (χ0n) is 8.25. The summed E-state index contributed by atoms with van der Waals surface area (Å²) >= 11 is 0. The van der Waals surface area contributed by atoms with Crippen LogP contribution in [-0.4, -0.2) is 30.7 Å². The van der Waals surface area contributed by atoms with E-state index in [0.29, 0.717) is 6.10 Å². The molecule has 71 valence electrons. The lowest BCUT2D eigenvalue weighted by Gasteiger charge is -2.30. The third-order valence-corrected chi connectivity index (χ3v) is 2.32. The Kier molecular flexibility index (Phi) is 4.62. The molecule has 0 aliphatic carbocycles. The van der Waals surface area contributed by atoms with E-state index in [4.69, 9.17) is 4.74 Å². The summed E-state index contributed by atoms with van der Waals surface area (Å²) in [6.07, 6.45) is 4.07. The van der Waals surface area contributed by atoms with Crippen molar-refractivity contribution in [3.8, 4) is 0 Å². The summed E-state index contributed by atoms with van der Waals surface area (Å²) in [6, 6.07) is 0. The Hall–Kier alpha value is -0.0800. The molecule has 0 spiro atoms. The van der Waals surface area contributed by atoms with Gasteiger partial charge in [-0.3, -0.25) is 4.90 Å². The maximum Gasteiger partial charge on any atom is 0.0599 e. The number of ether oxygens (including phenoxy) is 1. The molecule has 0 bridgehead atoms. The minimum atomic E-state index is 0.525. The molecule has 1 rings (SSSR count). The van der Waals surface area contributed by atoms with Crippen LogP contribution in [0.5, 0.6) is 0 Å². The summed E-state index contributed by atoms with van der Waals surface area (Å²) in [5.41, 5.74) is 0. The summed E-state index contributed by atoms with van der Waals surface area (Å²) in [6.45, 7) is 9.78. The van der Waals surface area contributed by atoms with E-state index in [-0.39, 0.29) is 0 Å². The van der Waals surface area contributed by atoms with Crippen molar-refractivity contribution in [2.45, 2.75) is 39.2 Å². The van der Waals surface area contributed by atoms with Crippen molar-refractivity contribution < 1.29 is 4.74 Å². The van der Waals surface area contributed by atoms with Gasteiger partial charge in [0.25, 0.3) is 0 Å². The molecule has 2 nitrogen and oxygen atoms in total. The molecule has 0 aromatic carbocycles. The molecule has 2 heteroatoms. The van der Waals surface area contributed by atoms with Crippen LogP contribution in [0.4, 0.5) is 0 Å². The first kappa shape index (κ1) is 10.0. The van der Waals surface area contributed by atoms with E-state index in [9.17, 15) is 0 Å². The SMILES string of the molecule is CC[CH]N1CCC(OCC)CC1. The maximum absolute atomic E-state index is 5.57. The average molecular weight is 170 g/mol. The van der Waals surface area contributed by atoms with E-state index < -0.39 is 0 Å². The van der Waals surface area contributed by atoms with Gasteiger partial charge < -0.3 is 4.74 Å². The number of hydrogen-bond donors (Lipinski definition) is 0. The summed E-state index contributed by atoms with van der Waals surface area (Å²) in [5.74, 6) is 0. The van der Waals surface area contributed by atoms with Crippen molar-refractivity contribution in [3.63, 3.8) is 0 Å². The van der Waals surface area contributed by atoms with Gasteiger partial charge in [-0.2, -0.15) is 0 Å². The fourth-order valence-corrected chi connectivity index (χ4v) is 1.72. The van der Waals surface area contributed by atoms with Crippen molar-refractivity contribution in [3.05, 3.63) is 6.54 Å². The van der Waals surface area contributed by atoms with Crippen molar-refractivity contribution in [1.82, 2.24) is 4.90 Å². The summed E-state index contributed by atoms with van der Waals surface area (Å²) in [7, 11) is 0. The van der Waals surface area contributed by atoms with Gasteiger partial charge in [0.05, 0.1) is 6.10 Å². The summed E-state index contributed by atoms with van der Waals surface area (Å²) in [4.78, 5) is 2.41. The molecule has 0 amide bonds. The highest BCUT2D eigenvalue weighted by Crippen LogP contribution is 2.14. The molecule has 1 aliphatic heterocycles. The summed E-state index contributed by atoms with van der Waals surface area (Å²) < 4.78 is 5.57. The topological polar surface area (TPSA) is 12.5 Å². The van der Waals surface area contributed by atoms with Crippen LogP contribution in [0.25, 0.3) is 0 Å². The van der Waals surface area contributed by atoms with Crippen molar-refractivity contribution in [2.75, 3.05) is 19.7 Å². The second-order valence-corrected chi connectivity index (χ2v) is 3.28. The zero-order valence-corrected chi connectivity index (χ0v) is 8.25. The van der Waals surface area contributed by atoms with Gasteiger partial charge in [0.15, 0.2) is 0 Å². The molecule has 0 atom stereocenters. The Bertz CT molecular complexity index is 94.4. The van der Waals surface area contributed by atoms with Gasteiger partial charge in [0.1, 0.15) is 0 Å². The molecular formula is C10H20NO. The molecule has 1 fully saturated rings. The molecule has 0 aromatic heterocycles. The van der Waals surface area contributed by atoms with E-state index in [1.807, 2.05) is 0 Å². The third kappa shape index (κ3) is 3.11. The molecule has 1 saturated heterocycles. The largest absolute Gasteiger partial charge is 0.378 e. The van der Waals surface area contributed by atoms with Crippen LogP contribution in [0.2, 0.25) is 0 Å². The van der Waals surface area contributed by atoms with Crippen LogP contribution in [0.3, 0.4) is 0 Å². The standard InChI is InChI=1S/C10H20NO/c1-3-7-11-8-5-10(6-9-11)12-4-2/h7,10H,3-6,8-9H2,1-2H3. The van der Waals surface area contributed by atoms with Gasteiger partial charge in [0, 0.05) is 26.2 Å². The lowest BCUT2D eigenvalue weighted by molar-refractivity contribution is 0.0198. The van der Waals surface area contributed by atoms with Crippen LogP contribution >= 0.6 is 0 Å². The number of hydrogen-bond acceptors (Lipinski definition) is 2. The highest BCUT2D eigenvalue weighted by Gasteiger charge is 2.18. The molecule has 1 heterocycles. The molecule has 1 aliphatic rings. The van der Waals surface area contributed by atoms with E-state index in [1.165, 1.54) is 25.9 Å². The first-order valence-corrected chi connectivity index (χ1v) is 5.05. The minimum Gasteiger partial charge on any atom is -0.378 e. The third-order valence-electron chi connectivity index (χ3n) is 2.32. The zero-order chi connectivity index (χ0) is 8.81. The summed E-state index contributed by atoms with van der Waals surface area (Å²) in [5, 5.41) is 0. The van der Waals surface area contributed by atoms with E-state index in [2.05, 4.69) is 25.3 Å². The minimum absolute atomic E-state index is 0.525. The molecule has 0 N–H and O–H groups in total. The Morgan fingerprint density at radius 3 is 2.50 bits per heavy atom. The lowest BCUT2D eigenvalue weighted by Crippen LogP contribution is -2.35. The monoisotopic (exact) mass is 170 g/mol. The predicted octanol–water partition coefficient (Wildman–Crippen LogP) is 2.06. The van der Waals surface area contributed by atoms with Crippen LogP contribution < -0.4 is 0 Å². The number of nitrogens with zero attached hydrogens (tertiary/aromatic N) is 1. The van der Waals surface area contributed by atoms with Crippen LogP contribution in [0.15, 0.2) is 0 Å². The molecular weight excluding hydrogens is 150 g/mol. The van der Waals surface area contributed by atoms with Gasteiger partial charge in [-0.05, 0) is 26.2 Å². The first-order valence-electron chi connectivity index (χ1n) is 5.05. The van der Waals surface area contributed by atoms with Gasteiger partial charge in [-0.1, -0.05) is 6.92 Å². The molecule has 0 saturated carbocycles. The first-order chi connectivity index (χ1) is 5.86. The van der Waals surface area contributed by atoms with Crippen molar-refractivity contribution >= 4 is 0 Å². The average Bonchev–Trinajstić information content (AvgIpc) is 2.09. The Morgan fingerprint density at radius 2 is 2.00 bits per heavy atom. The Balaban J connectivity index is 2.11. The van der Waals surface area contributed by atoms with Crippen LogP contribution in [0.1, 0.15) is 33.1 Å². The van der Waals surface area contributed by atoms with Gasteiger partial charge in [0.2, 0.25) is 0 Å². The normalized spacial score (nSPS) is 21.5. The molecule has 0 aromatic rings. The molecule has 12 heavy (non-hydrogen) atoms. The van der Waals surface area contributed by atoms with Gasteiger partial charge in [-0.15, -0.1) is 0 Å². The molecule has 1 radical (unpaired) electrons. The second kappa shape index (κ2) is 5.55. The quantitative estimate of drug-likeness (QED) is 0.640. The van der Waals surface area contributed by atoms with Crippen molar-refractivity contribution in [1.29, 1.82) is 0 Å². The number of piperidine rings is 1. The fraction of sp³-hybridized carbons (Fsp3) is 0.900. The number of likely N-dealkylation sites (tertiary alicyclic amines) is 1.